The fraction of sp³-hybridized carbons (Fsp3) is 0.350. The van der Waals surface area contributed by atoms with Gasteiger partial charge in [0.05, 0.1) is 10.6 Å². The van der Waals surface area contributed by atoms with Crippen molar-refractivity contribution in [2.45, 2.75) is 32.0 Å². The van der Waals surface area contributed by atoms with Crippen LogP contribution in [0.2, 0.25) is 5.02 Å². The summed E-state index contributed by atoms with van der Waals surface area (Å²) < 4.78 is 14.7. The van der Waals surface area contributed by atoms with Crippen molar-refractivity contribution in [3.8, 4) is 5.75 Å². The first-order valence-electron chi connectivity index (χ1n) is 9.41. The Bertz CT molecular complexity index is 1140. The average molecular weight is 418 g/mol. The van der Waals surface area contributed by atoms with Crippen LogP contribution in [0.5, 0.6) is 5.75 Å². The number of carbonyl (C=O) groups excluding carboxylic acids is 2. The Balaban J connectivity index is 1.55. The summed E-state index contributed by atoms with van der Waals surface area (Å²) in [6.45, 7) is 0.444. The molecule has 1 unspecified atom stereocenters. The van der Waals surface area contributed by atoms with E-state index in [4.69, 9.17) is 11.6 Å². The van der Waals surface area contributed by atoms with E-state index in [-0.39, 0.29) is 34.6 Å². The number of benzene rings is 1. The second kappa shape index (κ2) is 6.32. The van der Waals surface area contributed by atoms with Gasteiger partial charge in [0, 0.05) is 18.7 Å². The van der Waals surface area contributed by atoms with Gasteiger partial charge < -0.3 is 15.3 Å². The number of carbonyl (C=O) groups is 2. The minimum atomic E-state index is -0.728. The van der Waals surface area contributed by atoms with Gasteiger partial charge in [-0.3, -0.25) is 19.0 Å². The van der Waals surface area contributed by atoms with Gasteiger partial charge in [-0.05, 0) is 42.9 Å². The molecule has 150 valence electrons. The Morgan fingerprint density at radius 2 is 2.00 bits per heavy atom. The first-order chi connectivity index (χ1) is 13.9. The van der Waals surface area contributed by atoms with Crippen LogP contribution >= 0.6 is 11.6 Å². The van der Waals surface area contributed by atoms with E-state index in [9.17, 15) is 23.9 Å². The summed E-state index contributed by atoms with van der Waals surface area (Å²) in [7, 11) is 0. The van der Waals surface area contributed by atoms with Crippen LogP contribution in [-0.4, -0.2) is 32.9 Å². The summed E-state index contributed by atoms with van der Waals surface area (Å²) in [6, 6.07) is 4.18. The lowest BCUT2D eigenvalue weighted by molar-refractivity contribution is 0.0722. The van der Waals surface area contributed by atoms with E-state index < -0.39 is 29.2 Å². The van der Waals surface area contributed by atoms with Crippen molar-refractivity contribution in [1.29, 1.82) is 0 Å². The minimum Gasteiger partial charge on any atom is -0.502 e. The third kappa shape index (κ3) is 2.73. The molecule has 29 heavy (non-hydrogen) atoms. The summed E-state index contributed by atoms with van der Waals surface area (Å²) in [4.78, 5) is 39.9. The number of aromatic nitrogens is 1. The van der Waals surface area contributed by atoms with E-state index in [1.54, 1.807) is 0 Å². The van der Waals surface area contributed by atoms with Crippen molar-refractivity contribution >= 4 is 23.4 Å². The Kier molecular flexibility index (Phi) is 3.96. The fourth-order valence-electron chi connectivity index (χ4n) is 4.24. The molecule has 9 heteroatoms. The third-order valence-electron chi connectivity index (χ3n) is 5.82. The zero-order chi connectivity index (χ0) is 20.4. The number of nitrogens with zero attached hydrogens (tertiary/aromatic N) is 2. The molecule has 2 aliphatic heterocycles. The molecule has 0 spiro atoms. The normalized spacial score (nSPS) is 20.5. The number of nitrogens with one attached hydrogen (secondary N) is 1. The van der Waals surface area contributed by atoms with E-state index in [0.29, 0.717) is 24.1 Å². The average Bonchev–Trinajstić information content (AvgIpc) is 3.47. The predicted molar refractivity (Wildman–Crippen MR) is 101 cm³/mol. The van der Waals surface area contributed by atoms with Crippen LogP contribution in [0.3, 0.4) is 0 Å². The molecule has 7 nitrogen and oxygen atoms in total. The first-order valence-corrected chi connectivity index (χ1v) is 9.79. The maximum absolute atomic E-state index is 13.4. The quantitative estimate of drug-likeness (QED) is 0.800. The minimum absolute atomic E-state index is 0.0472. The van der Waals surface area contributed by atoms with Crippen LogP contribution < -0.4 is 10.9 Å². The van der Waals surface area contributed by atoms with Gasteiger partial charge >= 0.3 is 0 Å². The summed E-state index contributed by atoms with van der Waals surface area (Å²) in [5, 5.41) is 13.3. The maximum atomic E-state index is 13.4. The fourth-order valence-corrected chi connectivity index (χ4v) is 4.44. The lowest BCUT2D eigenvalue weighted by atomic mass is 9.96. The number of hydrogen-bond donors (Lipinski definition) is 2. The zero-order valence-electron chi connectivity index (χ0n) is 15.2. The molecule has 0 bridgehead atoms. The lowest BCUT2D eigenvalue weighted by Crippen LogP contribution is -2.40. The van der Waals surface area contributed by atoms with Gasteiger partial charge in [-0.1, -0.05) is 17.7 Å². The summed E-state index contributed by atoms with van der Waals surface area (Å²) in [5.41, 5.74) is 0.358. The molecule has 3 aliphatic rings. The van der Waals surface area contributed by atoms with Gasteiger partial charge in [0.15, 0.2) is 5.75 Å². The van der Waals surface area contributed by atoms with Crippen molar-refractivity contribution in [1.82, 2.24) is 14.8 Å². The summed E-state index contributed by atoms with van der Waals surface area (Å²) >= 11 is 5.81. The van der Waals surface area contributed by atoms with E-state index >= 15 is 0 Å². The molecule has 1 atom stereocenters. The van der Waals surface area contributed by atoms with E-state index in [1.807, 2.05) is 0 Å². The molecule has 2 amide bonds. The monoisotopic (exact) mass is 417 g/mol. The van der Waals surface area contributed by atoms with E-state index in [0.717, 1.165) is 12.8 Å². The van der Waals surface area contributed by atoms with E-state index in [1.165, 1.54) is 27.7 Å². The molecular formula is C20H17ClFN3O4. The standard InChI is InChI=1S/C20H17ClFN3O4/c21-12-7-9(1-4-13(12)22)8-24-6-5-11-14(19(24)28)16(26)20(29)25-15(11)18(27)23-17(25)10-2-3-10/h1,4,7,10,17,26H,2-3,5-6,8H2,(H,23,27). The highest BCUT2D eigenvalue weighted by Gasteiger charge is 2.45. The predicted octanol–water partition coefficient (Wildman–Crippen LogP) is 2.20. The number of aromatic hydroxyl groups is 1. The van der Waals surface area contributed by atoms with Crippen LogP contribution in [0.4, 0.5) is 4.39 Å². The molecule has 1 fully saturated rings. The highest BCUT2D eigenvalue weighted by molar-refractivity contribution is 6.30. The number of amides is 2. The number of halogens is 2. The number of rotatable bonds is 3. The van der Waals surface area contributed by atoms with Crippen LogP contribution in [0, 0.1) is 11.7 Å². The van der Waals surface area contributed by atoms with Crippen molar-refractivity contribution in [2.24, 2.45) is 5.92 Å². The molecule has 0 saturated heterocycles. The van der Waals surface area contributed by atoms with Crippen molar-refractivity contribution in [2.75, 3.05) is 6.54 Å². The Morgan fingerprint density at radius 1 is 1.24 bits per heavy atom. The highest BCUT2D eigenvalue weighted by atomic mass is 35.5. The van der Waals surface area contributed by atoms with Gasteiger partial charge in [0.25, 0.3) is 17.4 Å². The zero-order valence-corrected chi connectivity index (χ0v) is 16.0. The Labute approximate surface area is 169 Å². The molecule has 1 aliphatic carbocycles. The first kappa shape index (κ1) is 18.2. The lowest BCUT2D eigenvalue weighted by Gasteiger charge is -2.30. The Hall–Kier alpha value is -2.87. The molecule has 1 aromatic heterocycles. The van der Waals surface area contributed by atoms with Crippen molar-refractivity contribution in [3.05, 3.63) is 61.8 Å². The van der Waals surface area contributed by atoms with Crippen molar-refractivity contribution in [3.63, 3.8) is 0 Å². The molecule has 2 aromatic rings. The van der Waals surface area contributed by atoms with Crippen LogP contribution in [0.15, 0.2) is 23.0 Å². The molecular weight excluding hydrogens is 401 g/mol. The Morgan fingerprint density at radius 3 is 2.69 bits per heavy atom. The SMILES string of the molecule is O=C1NC(C2CC2)n2c1c1c(c(O)c2=O)C(=O)N(Cc2ccc(F)c(Cl)c2)CC1. The van der Waals surface area contributed by atoms with Crippen LogP contribution in [-0.2, 0) is 13.0 Å². The molecule has 3 heterocycles. The summed E-state index contributed by atoms with van der Waals surface area (Å²) in [6.07, 6.45) is 1.67. The van der Waals surface area contributed by atoms with E-state index in [2.05, 4.69) is 5.32 Å². The highest BCUT2D eigenvalue weighted by Crippen LogP contribution is 2.42. The topological polar surface area (TPSA) is 91.6 Å². The van der Waals surface area contributed by atoms with Crippen LogP contribution in [0.25, 0.3) is 0 Å². The summed E-state index contributed by atoms with van der Waals surface area (Å²) in [5.74, 6) is -1.93. The molecule has 2 N–H and O–H groups in total. The van der Waals surface area contributed by atoms with Gasteiger partial charge in [0.2, 0.25) is 0 Å². The van der Waals surface area contributed by atoms with Gasteiger partial charge in [-0.25, -0.2) is 4.39 Å². The molecule has 5 rings (SSSR count). The smallest absolute Gasteiger partial charge is 0.295 e. The van der Waals surface area contributed by atoms with Gasteiger partial charge in [0.1, 0.15) is 17.7 Å². The number of fused-ring (bicyclic) bond motifs is 3. The van der Waals surface area contributed by atoms with Gasteiger partial charge in [-0.15, -0.1) is 0 Å². The maximum Gasteiger partial charge on any atom is 0.295 e. The van der Waals surface area contributed by atoms with Crippen LogP contribution in [0.1, 0.15) is 51.0 Å². The molecule has 0 radical (unpaired) electrons. The molecule has 1 aromatic carbocycles. The number of pyridine rings is 1. The molecule has 1 saturated carbocycles. The van der Waals surface area contributed by atoms with Crippen molar-refractivity contribution < 1.29 is 19.1 Å². The second-order valence-corrected chi connectivity index (χ2v) is 8.11. The number of hydrogen-bond acceptors (Lipinski definition) is 4. The largest absolute Gasteiger partial charge is 0.502 e. The van der Waals surface area contributed by atoms with Gasteiger partial charge in [-0.2, -0.15) is 0 Å². The second-order valence-electron chi connectivity index (χ2n) is 7.71. The third-order valence-corrected chi connectivity index (χ3v) is 6.11.